The van der Waals surface area contributed by atoms with Gasteiger partial charge in [-0.2, -0.15) is 0 Å². The molecule has 2 N–H and O–H groups in total. The van der Waals surface area contributed by atoms with Gasteiger partial charge in [-0.15, -0.1) is 11.8 Å². The molecule has 0 radical (unpaired) electrons. The van der Waals surface area contributed by atoms with Crippen LogP contribution in [-0.4, -0.2) is 35.0 Å². The van der Waals surface area contributed by atoms with Crippen LogP contribution in [0.15, 0.2) is 22.2 Å². The number of nitrogens with one attached hydrogen (secondary N) is 2. The van der Waals surface area contributed by atoms with Crippen molar-refractivity contribution in [2.75, 3.05) is 23.4 Å². The van der Waals surface area contributed by atoms with Gasteiger partial charge in [0.05, 0.1) is 11.5 Å². The summed E-state index contributed by atoms with van der Waals surface area (Å²) < 4.78 is 4.86. The van der Waals surface area contributed by atoms with Gasteiger partial charge in [0.25, 0.3) is 0 Å². The molecule has 0 unspecified atom stereocenters. The molecule has 1 aromatic rings. The van der Waals surface area contributed by atoms with Gasteiger partial charge in [0.2, 0.25) is 11.8 Å². The molecule has 23 heavy (non-hydrogen) atoms. The quantitative estimate of drug-likeness (QED) is 0.713. The number of carbonyl (C=O) groups excluding carboxylic acids is 2. The molecule has 0 aliphatic heterocycles. The first kappa shape index (κ1) is 17.6. The number of hydrogen-bond acceptors (Lipinski definition) is 5. The van der Waals surface area contributed by atoms with Crippen LogP contribution in [0.1, 0.15) is 37.9 Å². The normalized spacial score (nSPS) is 14.2. The highest BCUT2D eigenvalue weighted by Crippen LogP contribution is 2.19. The molecule has 2 rings (SSSR count). The molecule has 1 aromatic heterocycles. The number of thioether (sulfide) groups is 1. The molecule has 1 aliphatic rings. The van der Waals surface area contributed by atoms with Gasteiger partial charge in [0.15, 0.2) is 5.82 Å². The largest absolute Gasteiger partial charge is 0.360 e. The van der Waals surface area contributed by atoms with Crippen LogP contribution in [0.4, 0.5) is 5.82 Å². The van der Waals surface area contributed by atoms with E-state index in [2.05, 4.69) is 21.9 Å². The fourth-order valence-corrected chi connectivity index (χ4v) is 3.03. The predicted octanol–water partition coefficient (Wildman–Crippen LogP) is 2.66. The number of carbonyl (C=O) groups is 2. The van der Waals surface area contributed by atoms with Crippen LogP contribution >= 0.6 is 11.8 Å². The van der Waals surface area contributed by atoms with E-state index in [0.717, 1.165) is 12.8 Å². The van der Waals surface area contributed by atoms with E-state index in [-0.39, 0.29) is 23.3 Å². The minimum atomic E-state index is -0.191. The maximum absolute atomic E-state index is 11.7. The molecule has 0 bridgehead atoms. The lowest BCUT2D eigenvalue weighted by Gasteiger charge is -2.12. The summed E-state index contributed by atoms with van der Waals surface area (Å²) in [5, 5.41) is 9.20. The fraction of sp³-hybridized carbons (Fsp3) is 0.562. The summed E-state index contributed by atoms with van der Waals surface area (Å²) in [6.07, 6.45) is 8.09. The lowest BCUT2D eigenvalue weighted by atomic mass is 9.97. The Labute approximate surface area is 140 Å². The highest BCUT2D eigenvalue weighted by molar-refractivity contribution is 8.00. The summed E-state index contributed by atoms with van der Waals surface area (Å²) in [5.74, 6) is 1.31. The zero-order chi connectivity index (χ0) is 16.5. The second-order valence-electron chi connectivity index (χ2n) is 5.57. The minimum absolute atomic E-state index is 0.0310. The molecule has 0 aromatic carbocycles. The molecule has 0 atom stereocenters. The summed E-state index contributed by atoms with van der Waals surface area (Å²) in [6, 6.07) is 1.65. The fourth-order valence-electron chi connectivity index (χ4n) is 2.39. The molecule has 7 heteroatoms. The standard InChI is InChI=1S/C16H23N3O3S/c1-12-9-14(19-22-12)18-16(21)11-23-10-15(20)17-8-7-13-5-3-2-4-6-13/h5,9H,2-4,6-8,10-11H2,1H3,(H,17,20)(H,18,19,21). The first-order valence-corrected chi connectivity index (χ1v) is 9.04. The number of nitrogens with zero attached hydrogens (tertiary/aromatic N) is 1. The Morgan fingerprint density at radius 3 is 2.83 bits per heavy atom. The van der Waals surface area contributed by atoms with Crippen molar-refractivity contribution in [3.8, 4) is 0 Å². The molecular weight excluding hydrogens is 314 g/mol. The van der Waals surface area contributed by atoms with Crippen LogP contribution in [0.2, 0.25) is 0 Å². The second kappa shape index (κ2) is 9.39. The molecule has 0 spiro atoms. The third kappa shape index (κ3) is 6.90. The number of aryl methyl sites for hydroxylation is 1. The Balaban J connectivity index is 1.53. The number of hydrogen-bond donors (Lipinski definition) is 2. The highest BCUT2D eigenvalue weighted by Gasteiger charge is 2.09. The van der Waals surface area contributed by atoms with E-state index in [4.69, 9.17) is 4.52 Å². The summed E-state index contributed by atoms with van der Waals surface area (Å²) in [6.45, 7) is 2.43. The Bertz CT molecular complexity index is 569. The van der Waals surface area contributed by atoms with Gasteiger partial charge in [-0.05, 0) is 39.0 Å². The van der Waals surface area contributed by atoms with Crippen LogP contribution in [0, 0.1) is 6.92 Å². The molecule has 0 saturated heterocycles. The summed E-state index contributed by atoms with van der Waals surface area (Å²) in [7, 11) is 0. The molecule has 0 saturated carbocycles. The van der Waals surface area contributed by atoms with E-state index in [1.807, 2.05) is 0 Å². The van der Waals surface area contributed by atoms with E-state index in [1.54, 1.807) is 13.0 Å². The predicted molar refractivity (Wildman–Crippen MR) is 91.4 cm³/mol. The van der Waals surface area contributed by atoms with Crippen molar-refractivity contribution in [1.82, 2.24) is 10.5 Å². The van der Waals surface area contributed by atoms with Gasteiger partial charge in [0, 0.05) is 12.6 Å². The molecule has 126 valence electrons. The summed E-state index contributed by atoms with van der Waals surface area (Å²) in [4.78, 5) is 23.4. The Kier molecular flexibility index (Phi) is 7.19. The van der Waals surface area contributed by atoms with E-state index in [9.17, 15) is 9.59 Å². The third-order valence-electron chi connectivity index (χ3n) is 3.52. The molecule has 1 heterocycles. The SMILES string of the molecule is Cc1cc(NC(=O)CSCC(=O)NCCC2=CCCCC2)no1. The van der Waals surface area contributed by atoms with Crippen molar-refractivity contribution in [1.29, 1.82) is 0 Å². The lowest BCUT2D eigenvalue weighted by molar-refractivity contribution is -0.118. The average Bonchev–Trinajstić information content (AvgIpc) is 2.93. The van der Waals surface area contributed by atoms with Crippen LogP contribution in [0.5, 0.6) is 0 Å². The van der Waals surface area contributed by atoms with Crippen molar-refractivity contribution in [3.05, 3.63) is 23.5 Å². The van der Waals surface area contributed by atoms with Gasteiger partial charge in [-0.3, -0.25) is 9.59 Å². The minimum Gasteiger partial charge on any atom is -0.360 e. The van der Waals surface area contributed by atoms with Gasteiger partial charge in [-0.25, -0.2) is 0 Å². The molecule has 2 amide bonds. The number of rotatable bonds is 8. The van der Waals surface area contributed by atoms with E-state index in [0.29, 0.717) is 18.1 Å². The van der Waals surface area contributed by atoms with E-state index >= 15 is 0 Å². The second-order valence-corrected chi connectivity index (χ2v) is 6.56. The number of amides is 2. The van der Waals surface area contributed by atoms with Crippen molar-refractivity contribution in [2.45, 2.75) is 39.0 Å². The first-order valence-electron chi connectivity index (χ1n) is 7.89. The smallest absolute Gasteiger partial charge is 0.235 e. The third-order valence-corrected chi connectivity index (χ3v) is 4.45. The van der Waals surface area contributed by atoms with E-state index in [1.165, 1.54) is 36.6 Å². The van der Waals surface area contributed by atoms with Gasteiger partial charge in [0.1, 0.15) is 5.76 Å². The summed E-state index contributed by atoms with van der Waals surface area (Å²) >= 11 is 1.28. The molecule has 0 fully saturated rings. The first-order chi connectivity index (χ1) is 11.1. The molecule has 1 aliphatic carbocycles. The lowest BCUT2D eigenvalue weighted by Crippen LogP contribution is -2.27. The summed E-state index contributed by atoms with van der Waals surface area (Å²) in [5.41, 5.74) is 1.45. The maximum Gasteiger partial charge on any atom is 0.235 e. The van der Waals surface area contributed by atoms with Crippen molar-refractivity contribution >= 4 is 29.4 Å². The van der Waals surface area contributed by atoms with Crippen LogP contribution < -0.4 is 10.6 Å². The Morgan fingerprint density at radius 2 is 2.13 bits per heavy atom. The number of aromatic nitrogens is 1. The van der Waals surface area contributed by atoms with Crippen LogP contribution in [0.25, 0.3) is 0 Å². The van der Waals surface area contributed by atoms with E-state index < -0.39 is 0 Å². The topological polar surface area (TPSA) is 84.2 Å². The van der Waals surface area contributed by atoms with Crippen LogP contribution in [0.3, 0.4) is 0 Å². The Morgan fingerprint density at radius 1 is 1.30 bits per heavy atom. The van der Waals surface area contributed by atoms with Gasteiger partial charge < -0.3 is 15.2 Å². The molecular formula is C16H23N3O3S. The van der Waals surface area contributed by atoms with Crippen molar-refractivity contribution in [2.24, 2.45) is 0 Å². The monoisotopic (exact) mass is 337 g/mol. The Hall–Kier alpha value is -1.76. The number of anilines is 1. The molecule has 6 nitrogen and oxygen atoms in total. The zero-order valence-electron chi connectivity index (χ0n) is 13.4. The van der Waals surface area contributed by atoms with Crippen molar-refractivity contribution in [3.63, 3.8) is 0 Å². The maximum atomic E-state index is 11.7. The van der Waals surface area contributed by atoms with Gasteiger partial charge >= 0.3 is 0 Å². The highest BCUT2D eigenvalue weighted by atomic mass is 32.2. The zero-order valence-corrected chi connectivity index (χ0v) is 14.2. The van der Waals surface area contributed by atoms with Gasteiger partial charge in [-0.1, -0.05) is 16.8 Å². The number of allylic oxidation sites excluding steroid dienone is 1. The van der Waals surface area contributed by atoms with Crippen LogP contribution in [-0.2, 0) is 9.59 Å². The van der Waals surface area contributed by atoms with Crippen molar-refractivity contribution < 1.29 is 14.1 Å². The average molecular weight is 337 g/mol.